The van der Waals surface area contributed by atoms with E-state index in [2.05, 4.69) is 5.10 Å². The first-order valence-electron chi connectivity index (χ1n) is 4.62. The zero-order valence-corrected chi connectivity index (χ0v) is 8.31. The Morgan fingerprint density at radius 1 is 1.40 bits per heavy atom. The van der Waals surface area contributed by atoms with E-state index in [1.807, 2.05) is 6.92 Å². The smallest absolute Gasteiger partial charge is 0.125 e. The van der Waals surface area contributed by atoms with Crippen LogP contribution >= 0.6 is 0 Å². The summed E-state index contributed by atoms with van der Waals surface area (Å²) in [5, 5.41) is 13.0. The molecular formula is C11H11FN2O. The summed E-state index contributed by atoms with van der Waals surface area (Å²) in [5.41, 5.74) is 2.19. The van der Waals surface area contributed by atoms with E-state index >= 15 is 0 Å². The fraction of sp³-hybridized carbons (Fsp3) is 0.182. The number of aryl methyl sites for hydroxylation is 1. The minimum Gasteiger partial charge on any atom is -0.390 e. The predicted octanol–water partition coefficient (Wildman–Crippen LogP) is 1.81. The van der Waals surface area contributed by atoms with E-state index in [1.54, 1.807) is 23.0 Å². The van der Waals surface area contributed by atoms with E-state index in [9.17, 15) is 4.39 Å². The number of hydrogen-bond donors (Lipinski definition) is 1. The van der Waals surface area contributed by atoms with Gasteiger partial charge in [0.2, 0.25) is 0 Å². The van der Waals surface area contributed by atoms with Crippen LogP contribution in [0.3, 0.4) is 0 Å². The average molecular weight is 206 g/mol. The number of hydrogen-bond acceptors (Lipinski definition) is 2. The average Bonchev–Trinajstić information content (AvgIpc) is 2.70. The highest BCUT2D eigenvalue weighted by Gasteiger charge is 2.04. The lowest BCUT2D eigenvalue weighted by Gasteiger charge is -2.05. The van der Waals surface area contributed by atoms with E-state index in [0.717, 1.165) is 5.56 Å². The summed E-state index contributed by atoms with van der Waals surface area (Å²) in [5.74, 6) is -0.295. The molecule has 0 unspecified atom stereocenters. The first kappa shape index (κ1) is 9.86. The highest BCUT2D eigenvalue weighted by atomic mass is 19.1. The third-order valence-electron chi connectivity index (χ3n) is 2.22. The van der Waals surface area contributed by atoms with E-state index < -0.39 is 0 Å². The Hall–Kier alpha value is -1.68. The Bertz CT molecular complexity index is 479. The van der Waals surface area contributed by atoms with Gasteiger partial charge in [-0.3, -0.25) is 0 Å². The molecule has 1 N–H and O–H groups in total. The maximum atomic E-state index is 13.0. The lowest BCUT2D eigenvalue weighted by atomic mass is 10.2. The third kappa shape index (κ3) is 1.89. The van der Waals surface area contributed by atoms with Gasteiger partial charge in [-0.2, -0.15) is 5.10 Å². The molecule has 1 heterocycles. The number of rotatable bonds is 2. The van der Waals surface area contributed by atoms with Crippen LogP contribution in [0.2, 0.25) is 0 Å². The number of nitrogens with zero attached hydrogens (tertiary/aromatic N) is 2. The van der Waals surface area contributed by atoms with Crippen molar-refractivity contribution >= 4 is 0 Å². The number of halogens is 1. The predicted molar refractivity (Wildman–Crippen MR) is 54.2 cm³/mol. The van der Waals surface area contributed by atoms with E-state index in [0.29, 0.717) is 11.4 Å². The number of aliphatic hydroxyl groups is 1. The normalized spacial score (nSPS) is 10.6. The maximum Gasteiger partial charge on any atom is 0.125 e. The second-order valence-electron chi connectivity index (χ2n) is 3.34. The van der Waals surface area contributed by atoms with Crippen molar-refractivity contribution in [3.8, 4) is 5.69 Å². The Morgan fingerprint density at radius 2 is 2.20 bits per heavy atom. The topological polar surface area (TPSA) is 38.0 Å². The molecule has 0 aliphatic heterocycles. The first-order valence-corrected chi connectivity index (χ1v) is 4.62. The molecule has 15 heavy (non-hydrogen) atoms. The summed E-state index contributed by atoms with van der Waals surface area (Å²) in [4.78, 5) is 0. The lowest BCUT2D eigenvalue weighted by Crippen LogP contribution is -1.99. The largest absolute Gasteiger partial charge is 0.390 e. The van der Waals surface area contributed by atoms with Gasteiger partial charge in [0.05, 0.1) is 18.0 Å². The van der Waals surface area contributed by atoms with Gasteiger partial charge in [-0.25, -0.2) is 9.07 Å². The zero-order valence-electron chi connectivity index (χ0n) is 8.31. The molecule has 0 amide bonds. The molecule has 0 aliphatic rings. The van der Waals surface area contributed by atoms with E-state index in [1.165, 1.54) is 12.1 Å². The van der Waals surface area contributed by atoms with Crippen LogP contribution in [-0.4, -0.2) is 14.9 Å². The number of benzene rings is 1. The molecule has 0 atom stereocenters. The highest BCUT2D eigenvalue weighted by molar-refractivity contribution is 5.39. The van der Waals surface area contributed by atoms with Gasteiger partial charge in [0.25, 0.3) is 0 Å². The van der Waals surface area contributed by atoms with Crippen molar-refractivity contribution in [3.05, 3.63) is 47.5 Å². The molecule has 0 spiro atoms. The maximum absolute atomic E-state index is 13.0. The SMILES string of the molecule is Cc1ccc(F)cc1-n1ccc(CO)n1. The molecule has 1 aromatic carbocycles. The number of aromatic nitrogens is 2. The van der Waals surface area contributed by atoms with Crippen LogP contribution in [0, 0.1) is 12.7 Å². The van der Waals surface area contributed by atoms with Crippen molar-refractivity contribution in [1.29, 1.82) is 0 Å². The van der Waals surface area contributed by atoms with Gasteiger partial charge < -0.3 is 5.11 Å². The van der Waals surface area contributed by atoms with Crippen molar-refractivity contribution in [2.24, 2.45) is 0 Å². The van der Waals surface area contributed by atoms with Gasteiger partial charge in [0, 0.05) is 6.20 Å². The molecule has 3 nitrogen and oxygen atoms in total. The van der Waals surface area contributed by atoms with Gasteiger partial charge in [-0.1, -0.05) is 6.07 Å². The molecule has 1 aromatic heterocycles. The van der Waals surface area contributed by atoms with Crippen molar-refractivity contribution < 1.29 is 9.50 Å². The molecule has 0 radical (unpaired) electrons. The van der Waals surface area contributed by atoms with Crippen LogP contribution in [0.15, 0.2) is 30.5 Å². The van der Waals surface area contributed by atoms with Crippen LogP contribution in [0.4, 0.5) is 4.39 Å². The Labute approximate surface area is 86.8 Å². The van der Waals surface area contributed by atoms with Gasteiger partial charge in [0.1, 0.15) is 5.82 Å². The summed E-state index contributed by atoms with van der Waals surface area (Å²) in [6.07, 6.45) is 1.70. The van der Waals surface area contributed by atoms with E-state index in [4.69, 9.17) is 5.11 Å². The van der Waals surface area contributed by atoms with Crippen LogP contribution in [0.1, 0.15) is 11.3 Å². The molecule has 4 heteroatoms. The Kier molecular flexibility index (Phi) is 2.51. The minimum absolute atomic E-state index is 0.110. The summed E-state index contributed by atoms with van der Waals surface area (Å²) < 4.78 is 14.6. The Morgan fingerprint density at radius 3 is 2.87 bits per heavy atom. The molecule has 2 rings (SSSR count). The number of aliphatic hydroxyl groups excluding tert-OH is 1. The molecule has 2 aromatic rings. The van der Waals surface area contributed by atoms with Crippen molar-refractivity contribution in [1.82, 2.24) is 9.78 Å². The summed E-state index contributed by atoms with van der Waals surface area (Å²) in [6.45, 7) is 1.77. The highest BCUT2D eigenvalue weighted by Crippen LogP contribution is 2.14. The second-order valence-corrected chi connectivity index (χ2v) is 3.34. The van der Waals surface area contributed by atoms with Crippen LogP contribution in [-0.2, 0) is 6.61 Å². The molecular weight excluding hydrogens is 195 g/mol. The summed E-state index contributed by atoms with van der Waals surface area (Å²) in [6, 6.07) is 6.23. The van der Waals surface area contributed by atoms with Gasteiger partial charge in [0.15, 0.2) is 0 Å². The standard InChI is InChI=1S/C11H11FN2O/c1-8-2-3-9(12)6-11(8)14-5-4-10(7-15)13-14/h2-6,15H,7H2,1H3. The van der Waals surface area contributed by atoms with Crippen molar-refractivity contribution in [2.75, 3.05) is 0 Å². The van der Waals surface area contributed by atoms with Crippen molar-refractivity contribution in [3.63, 3.8) is 0 Å². The van der Waals surface area contributed by atoms with Crippen LogP contribution < -0.4 is 0 Å². The molecule has 0 bridgehead atoms. The van der Waals surface area contributed by atoms with Gasteiger partial charge in [-0.15, -0.1) is 0 Å². The minimum atomic E-state index is -0.295. The second kappa shape index (κ2) is 3.82. The third-order valence-corrected chi connectivity index (χ3v) is 2.22. The van der Waals surface area contributed by atoms with Crippen molar-refractivity contribution in [2.45, 2.75) is 13.5 Å². The first-order chi connectivity index (χ1) is 7.20. The zero-order chi connectivity index (χ0) is 10.8. The van der Waals surface area contributed by atoms with Crippen LogP contribution in [0.5, 0.6) is 0 Å². The molecule has 78 valence electrons. The monoisotopic (exact) mass is 206 g/mol. The van der Waals surface area contributed by atoms with E-state index in [-0.39, 0.29) is 12.4 Å². The molecule has 0 saturated heterocycles. The summed E-state index contributed by atoms with van der Waals surface area (Å²) in [7, 11) is 0. The van der Waals surface area contributed by atoms with Gasteiger partial charge in [-0.05, 0) is 30.7 Å². The van der Waals surface area contributed by atoms with Crippen LogP contribution in [0.25, 0.3) is 5.69 Å². The lowest BCUT2D eigenvalue weighted by molar-refractivity contribution is 0.276. The fourth-order valence-electron chi connectivity index (χ4n) is 1.41. The molecule has 0 aliphatic carbocycles. The quantitative estimate of drug-likeness (QED) is 0.813. The fourth-order valence-corrected chi connectivity index (χ4v) is 1.41. The molecule has 0 saturated carbocycles. The Balaban J connectivity index is 2.48. The molecule has 0 fully saturated rings. The summed E-state index contributed by atoms with van der Waals surface area (Å²) >= 11 is 0. The van der Waals surface area contributed by atoms with Gasteiger partial charge >= 0.3 is 0 Å².